The van der Waals surface area contributed by atoms with Crippen molar-refractivity contribution < 1.29 is 13.2 Å². The van der Waals surface area contributed by atoms with Gasteiger partial charge in [0.05, 0.1) is 41.5 Å². The summed E-state index contributed by atoms with van der Waals surface area (Å²) in [5, 5.41) is 0.911. The van der Waals surface area contributed by atoms with Crippen LogP contribution in [0.2, 0.25) is 0 Å². The topological polar surface area (TPSA) is 106 Å². The van der Waals surface area contributed by atoms with E-state index in [4.69, 9.17) is 9.72 Å². The minimum Gasteiger partial charge on any atom is -0.497 e. The van der Waals surface area contributed by atoms with Crippen molar-refractivity contribution in [1.82, 2.24) is 28.6 Å². The van der Waals surface area contributed by atoms with Crippen LogP contribution in [-0.2, 0) is 17.1 Å². The fourth-order valence-electron chi connectivity index (χ4n) is 5.74. The lowest BCUT2D eigenvalue weighted by Crippen LogP contribution is -2.35. The van der Waals surface area contributed by atoms with Crippen LogP contribution in [0.15, 0.2) is 42.9 Å². The van der Waals surface area contributed by atoms with Crippen LogP contribution in [0.25, 0.3) is 38.8 Å². The highest BCUT2D eigenvalue weighted by atomic mass is 32.2. The summed E-state index contributed by atoms with van der Waals surface area (Å²) in [7, 11) is 0.529. The van der Waals surface area contributed by atoms with Crippen LogP contribution in [0.4, 0.5) is 0 Å². The Kier molecular flexibility index (Phi) is 4.75. The lowest BCUT2D eigenvalue weighted by atomic mass is 10.1. The molecule has 7 rings (SSSR count). The molecule has 2 fully saturated rings. The highest BCUT2D eigenvalue weighted by Crippen LogP contribution is 2.38. The van der Waals surface area contributed by atoms with Crippen molar-refractivity contribution in [2.24, 2.45) is 7.05 Å². The van der Waals surface area contributed by atoms with Crippen molar-refractivity contribution in [3.63, 3.8) is 0 Å². The van der Waals surface area contributed by atoms with Crippen LogP contribution in [-0.4, -0.2) is 50.7 Å². The molecule has 0 amide bonds. The maximum atomic E-state index is 12.4. The monoisotopic (exact) mass is 504 g/mol. The van der Waals surface area contributed by atoms with E-state index >= 15 is 0 Å². The first-order valence-electron chi connectivity index (χ1n) is 12.4. The number of rotatable bonds is 6. The summed E-state index contributed by atoms with van der Waals surface area (Å²) in [6.07, 6.45) is 9.87. The number of aromatic amines is 1. The van der Waals surface area contributed by atoms with Gasteiger partial charge in [-0.25, -0.2) is 23.1 Å². The Labute approximate surface area is 208 Å². The van der Waals surface area contributed by atoms with Gasteiger partial charge in [0.1, 0.15) is 11.6 Å². The van der Waals surface area contributed by atoms with Crippen molar-refractivity contribution in [1.29, 1.82) is 0 Å². The molecule has 2 saturated carbocycles. The molecule has 0 saturated heterocycles. The van der Waals surface area contributed by atoms with Crippen LogP contribution >= 0.6 is 0 Å². The Balaban J connectivity index is 1.28. The number of hydrogen-bond donors (Lipinski definition) is 2. The minimum atomic E-state index is -3.19. The van der Waals surface area contributed by atoms with Gasteiger partial charge >= 0.3 is 0 Å². The van der Waals surface area contributed by atoms with Gasteiger partial charge in [-0.05, 0) is 56.4 Å². The number of sulfonamides is 1. The summed E-state index contributed by atoms with van der Waals surface area (Å²) in [4.78, 5) is 13.0. The Bertz CT molecular complexity index is 1740. The van der Waals surface area contributed by atoms with Gasteiger partial charge in [0.15, 0.2) is 5.65 Å². The van der Waals surface area contributed by atoms with Crippen LogP contribution in [0.1, 0.15) is 43.8 Å². The standard InChI is InChI=1S/C26H28N6O3S/c1-31-14-21(20-10-18(35-2)5-8-23(20)31)22-11-24-25(29-22)27-12-17-13-28-26(32(17)24)15-3-4-16(9-15)30-36(33,34)19-6-7-19/h5,8,10-16,19,29-30H,3-4,6-7,9H2,1-2H3/t15-,16+/m1/s1. The minimum absolute atomic E-state index is 0.0299. The van der Waals surface area contributed by atoms with Crippen molar-refractivity contribution in [2.45, 2.75) is 49.3 Å². The van der Waals surface area contributed by atoms with E-state index in [0.717, 1.165) is 82.5 Å². The van der Waals surface area contributed by atoms with Crippen molar-refractivity contribution >= 4 is 37.6 Å². The summed E-state index contributed by atoms with van der Waals surface area (Å²) >= 11 is 0. The van der Waals surface area contributed by atoms with E-state index in [2.05, 4.69) is 48.1 Å². The molecule has 2 aliphatic rings. The van der Waals surface area contributed by atoms with Gasteiger partial charge in [-0.15, -0.1) is 0 Å². The molecule has 0 radical (unpaired) electrons. The van der Waals surface area contributed by atoms with Gasteiger partial charge in [-0.3, -0.25) is 4.40 Å². The third kappa shape index (κ3) is 3.42. The molecule has 1 aromatic carbocycles. The predicted octanol–water partition coefficient (Wildman–Crippen LogP) is 4.10. The van der Waals surface area contributed by atoms with Gasteiger partial charge in [0.25, 0.3) is 0 Å². The van der Waals surface area contributed by atoms with Crippen LogP contribution in [0.3, 0.4) is 0 Å². The Morgan fingerprint density at radius 3 is 2.72 bits per heavy atom. The van der Waals surface area contributed by atoms with E-state index in [1.807, 2.05) is 25.5 Å². The quantitative estimate of drug-likeness (QED) is 0.362. The average Bonchev–Trinajstić information content (AvgIpc) is 3.17. The molecule has 2 atom stereocenters. The molecule has 4 aromatic heterocycles. The fraction of sp³-hybridized carbons (Fsp3) is 0.385. The molecule has 5 aromatic rings. The molecule has 0 spiro atoms. The van der Waals surface area contributed by atoms with Crippen LogP contribution < -0.4 is 9.46 Å². The van der Waals surface area contributed by atoms with Crippen molar-refractivity contribution in [3.05, 3.63) is 48.7 Å². The van der Waals surface area contributed by atoms with E-state index < -0.39 is 10.0 Å². The number of H-pyrrole nitrogens is 1. The van der Waals surface area contributed by atoms with Gasteiger partial charge < -0.3 is 14.3 Å². The largest absolute Gasteiger partial charge is 0.497 e. The second kappa shape index (κ2) is 7.81. The van der Waals surface area contributed by atoms with E-state index in [-0.39, 0.29) is 17.2 Å². The zero-order chi connectivity index (χ0) is 24.6. The van der Waals surface area contributed by atoms with E-state index in [1.165, 1.54) is 0 Å². The average molecular weight is 505 g/mol. The molecule has 10 heteroatoms. The van der Waals surface area contributed by atoms with Crippen molar-refractivity contribution in [2.75, 3.05) is 7.11 Å². The number of benzene rings is 1. The smallest absolute Gasteiger partial charge is 0.214 e. The summed E-state index contributed by atoms with van der Waals surface area (Å²) in [5.41, 5.74) is 5.87. The maximum Gasteiger partial charge on any atom is 0.214 e. The molecular weight excluding hydrogens is 476 g/mol. The van der Waals surface area contributed by atoms with E-state index in [9.17, 15) is 8.42 Å². The zero-order valence-corrected chi connectivity index (χ0v) is 21.0. The molecule has 4 heterocycles. The molecule has 0 bridgehead atoms. The molecule has 0 unspecified atom stereocenters. The fourth-order valence-corrected chi connectivity index (χ4v) is 7.37. The number of aryl methyl sites for hydroxylation is 1. The molecule has 2 aliphatic carbocycles. The molecular formula is C26H28N6O3S. The summed E-state index contributed by atoms with van der Waals surface area (Å²) in [5.74, 6) is 1.97. The first kappa shape index (κ1) is 21.9. The van der Waals surface area contributed by atoms with Crippen LogP contribution in [0.5, 0.6) is 5.75 Å². The Hall–Kier alpha value is -3.37. The first-order chi connectivity index (χ1) is 17.4. The number of nitrogens with one attached hydrogen (secondary N) is 2. The number of hydrogen-bond acceptors (Lipinski definition) is 5. The van der Waals surface area contributed by atoms with Gasteiger partial charge in [-0.2, -0.15) is 0 Å². The molecule has 0 aliphatic heterocycles. The summed E-state index contributed by atoms with van der Waals surface area (Å²) in [6.45, 7) is 0. The van der Waals surface area contributed by atoms with E-state index in [0.29, 0.717) is 0 Å². The zero-order valence-electron chi connectivity index (χ0n) is 20.2. The Morgan fingerprint density at radius 1 is 1.08 bits per heavy atom. The highest BCUT2D eigenvalue weighted by molar-refractivity contribution is 7.90. The second-order valence-electron chi connectivity index (χ2n) is 10.2. The Morgan fingerprint density at radius 2 is 1.92 bits per heavy atom. The SMILES string of the molecule is COc1ccc2c(c1)c(-c1cc3c(ncc4cnc([C@@H]5CC[C@H](NS(=O)(=O)C6CC6)C5)n43)[nH]1)cn2C. The highest BCUT2D eigenvalue weighted by Gasteiger charge is 2.39. The lowest BCUT2D eigenvalue weighted by Gasteiger charge is -2.13. The number of aromatic nitrogens is 5. The summed E-state index contributed by atoms with van der Waals surface area (Å²) < 4.78 is 37.6. The first-order valence-corrected chi connectivity index (χ1v) is 14.0. The van der Waals surface area contributed by atoms with Gasteiger partial charge in [-0.1, -0.05) is 0 Å². The lowest BCUT2D eigenvalue weighted by molar-refractivity contribution is 0.415. The molecule has 186 valence electrons. The third-order valence-corrected chi connectivity index (χ3v) is 9.75. The van der Waals surface area contributed by atoms with Crippen molar-refractivity contribution in [3.8, 4) is 17.0 Å². The number of ether oxygens (including phenoxy) is 1. The number of fused-ring (bicyclic) bond motifs is 4. The summed E-state index contributed by atoms with van der Waals surface area (Å²) in [6, 6.07) is 8.20. The molecule has 36 heavy (non-hydrogen) atoms. The second-order valence-corrected chi connectivity index (χ2v) is 12.1. The van der Waals surface area contributed by atoms with Gasteiger partial charge in [0.2, 0.25) is 10.0 Å². The van der Waals surface area contributed by atoms with Gasteiger partial charge in [0, 0.05) is 41.7 Å². The number of imidazole rings is 1. The number of nitrogens with zero attached hydrogens (tertiary/aromatic N) is 4. The third-order valence-electron chi connectivity index (χ3n) is 7.74. The maximum absolute atomic E-state index is 12.4. The van der Waals surface area contributed by atoms with Crippen LogP contribution in [0, 0.1) is 0 Å². The molecule has 2 N–H and O–H groups in total. The van der Waals surface area contributed by atoms with E-state index in [1.54, 1.807) is 7.11 Å². The number of methoxy groups -OCH3 is 1. The predicted molar refractivity (Wildman–Crippen MR) is 139 cm³/mol. The molecule has 9 nitrogen and oxygen atoms in total. The normalized spacial score (nSPS) is 20.7.